The molecule has 0 aliphatic carbocycles. The van der Waals surface area contributed by atoms with E-state index in [0.29, 0.717) is 4.75 Å². The highest BCUT2D eigenvalue weighted by Gasteiger charge is 2.31. The lowest BCUT2D eigenvalue weighted by Gasteiger charge is -2.33. The largest absolute Gasteiger partial charge is 0.479 e. The average molecular weight is 459 g/mol. The van der Waals surface area contributed by atoms with Crippen LogP contribution in [0.25, 0.3) is 0 Å². The molecule has 3 heteroatoms. The van der Waals surface area contributed by atoms with Crippen LogP contribution in [0.5, 0.6) is 0 Å². The van der Waals surface area contributed by atoms with E-state index in [4.69, 9.17) is 17.0 Å². The summed E-state index contributed by atoms with van der Waals surface area (Å²) in [5.74, 6) is 0. The summed E-state index contributed by atoms with van der Waals surface area (Å²) in [6.45, 7) is 10.0. The Morgan fingerprint density at radius 1 is 0.567 bits per heavy atom. The van der Waals surface area contributed by atoms with Gasteiger partial charge in [-0.15, -0.1) is 0 Å². The molecule has 0 amide bonds. The van der Waals surface area contributed by atoms with Crippen molar-refractivity contribution in [2.24, 2.45) is 0 Å². The van der Waals surface area contributed by atoms with Crippen LogP contribution in [0.2, 0.25) is 0 Å². The number of ether oxygens (including phenoxy) is 1. The fourth-order valence-electron chi connectivity index (χ4n) is 4.15. The van der Waals surface area contributed by atoms with Crippen molar-refractivity contribution in [1.29, 1.82) is 0 Å². The van der Waals surface area contributed by atoms with Gasteiger partial charge in [0.25, 0.3) is 0 Å². The number of unbranched alkanes of at least 4 members (excludes halogenated alkanes) is 13. The molecule has 0 unspecified atom stereocenters. The van der Waals surface area contributed by atoms with E-state index in [1.807, 2.05) is 11.8 Å². The Morgan fingerprint density at radius 3 is 1.33 bits per heavy atom. The first-order valence-corrected chi connectivity index (χ1v) is 14.7. The van der Waals surface area contributed by atoms with Gasteiger partial charge in [-0.2, -0.15) is 0 Å². The van der Waals surface area contributed by atoms with Crippen LogP contribution in [-0.4, -0.2) is 15.7 Å². The molecule has 0 rings (SSSR count). The van der Waals surface area contributed by atoms with E-state index in [-0.39, 0.29) is 0 Å². The molecule has 0 spiro atoms. The summed E-state index contributed by atoms with van der Waals surface area (Å²) in [5.41, 5.74) is 0. The Morgan fingerprint density at radius 2 is 0.933 bits per heavy atom. The van der Waals surface area contributed by atoms with Gasteiger partial charge >= 0.3 is 0 Å². The molecule has 0 N–H and O–H groups in total. The van der Waals surface area contributed by atoms with Crippen LogP contribution in [0.3, 0.4) is 0 Å². The number of rotatable bonds is 22. The van der Waals surface area contributed by atoms with E-state index in [1.165, 1.54) is 122 Å². The Kier molecular flexibility index (Phi) is 22.6. The molecule has 30 heavy (non-hydrogen) atoms. The zero-order valence-electron chi connectivity index (χ0n) is 21.1. The van der Waals surface area contributed by atoms with Gasteiger partial charge in [0.2, 0.25) is 4.38 Å². The molecule has 0 fully saturated rings. The first-order chi connectivity index (χ1) is 14.6. The standard InChI is InChI=1S/C27H54OS2/c1-5-9-13-14-15-16-17-18-19-20-21-25-28-26(29)30-27(22-10-6-2,23-11-7-3)24-12-8-4/h5-25H2,1-4H3. The Bertz CT molecular complexity index is 348. The smallest absolute Gasteiger partial charge is 0.220 e. The van der Waals surface area contributed by atoms with Gasteiger partial charge in [-0.3, -0.25) is 0 Å². The first kappa shape index (κ1) is 30.2. The maximum absolute atomic E-state index is 6.01. The van der Waals surface area contributed by atoms with Gasteiger partial charge in [-0.05, 0) is 37.9 Å². The summed E-state index contributed by atoms with van der Waals surface area (Å²) in [6, 6.07) is 0. The SMILES string of the molecule is CCCCCCCCCCCCCOC(=S)SC(CCCC)(CCCC)CCCC. The van der Waals surface area contributed by atoms with Crippen LogP contribution in [0.15, 0.2) is 0 Å². The molecule has 0 bridgehead atoms. The highest BCUT2D eigenvalue weighted by Crippen LogP contribution is 2.41. The second-order valence-electron chi connectivity index (χ2n) is 9.23. The molecule has 0 atom stereocenters. The predicted molar refractivity (Wildman–Crippen MR) is 144 cm³/mol. The van der Waals surface area contributed by atoms with Crippen molar-refractivity contribution in [1.82, 2.24) is 0 Å². The molecular weight excluding hydrogens is 404 g/mol. The topological polar surface area (TPSA) is 9.23 Å². The predicted octanol–water partition coefficient (Wildman–Crippen LogP) is 10.6. The van der Waals surface area contributed by atoms with Gasteiger partial charge in [-0.25, -0.2) is 0 Å². The van der Waals surface area contributed by atoms with E-state index in [0.717, 1.165) is 17.4 Å². The van der Waals surface area contributed by atoms with Crippen molar-refractivity contribution >= 4 is 28.4 Å². The van der Waals surface area contributed by atoms with Crippen molar-refractivity contribution in [3.05, 3.63) is 0 Å². The van der Waals surface area contributed by atoms with Gasteiger partial charge in [0.15, 0.2) is 0 Å². The third-order valence-electron chi connectivity index (χ3n) is 6.23. The van der Waals surface area contributed by atoms with Crippen molar-refractivity contribution in [2.75, 3.05) is 6.61 Å². The van der Waals surface area contributed by atoms with Crippen molar-refractivity contribution in [3.63, 3.8) is 0 Å². The van der Waals surface area contributed by atoms with Gasteiger partial charge in [0.05, 0.1) is 6.61 Å². The molecular formula is C27H54OS2. The lowest BCUT2D eigenvalue weighted by Crippen LogP contribution is -2.27. The number of hydrogen-bond acceptors (Lipinski definition) is 3. The summed E-state index contributed by atoms with van der Waals surface area (Å²) >= 11 is 7.58. The molecule has 0 aromatic rings. The second kappa shape index (κ2) is 22.4. The highest BCUT2D eigenvalue weighted by atomic mass is 32.2. The number of thioether (sulfide) groups is 1. The van der Waals surface area contributed by atoms with Crippen LogP contribution in [0, 0.1) is 0 Å². The molecule has 180 valence electrons. The number of hydrogen-bond donors (Lipinski definition) is 0. The van der Waals surface area contributed by atoms with E-state index >= 15 is 0 Å². The highest BCUT2D eigenvalue weighted by molar-refractivity contribution is 8.23. The summed E-state index contributed by atoms with van der Waals surface area (Å²) in [5, 5.41) is 0. The second-order valence-corrected chi connectivity index (χ2v) is 11.3. The minimum absolute atomic E-state index is 0.316. The average Bonchev–Trinajstić information content (AvgIpc) is 2.75. The number of thiocarbonyl (C=S) groups is 1. The van der Waals surface area contributed by atoms with E-state index < -0.39 is 0 Å². The zero-order chi connectivity index (χ0) is 22.3. The quantitative estimate of drug-likeness (QED) is 0.118. The van der Waals surface area contributed by atoms with Crippen molar-refractivity contribution in [2.45, 2.75) is 161 Å². The Hall–Kier alpha value is 0.240. The maximum Gasteiger partial charge on any atom is 0.220 e. The molecule has 0 saturated carbocycles. The van der Waals surface area contributed by atoms with Crippen LogP contribution in [0.1, 0.15) is 156 Å². The summed E-state index contributed by atoms with van der Waals surface area (Å²) in [4.78, 5) is 0. The molecule has 0 aromatic heterocycles. The fraction of sp³-hybridized carbons (Fsp3) is 0.963. The molecule has 0 saturated heterocycles. The normalized spacial score (nSPS) is 11.7. The van der Waals surface area contributed by atoms with Gasteiger partial charge in [-0.1, -0.05) is 142 Å². The minimum Gasteiger partial charge on any atom is -0.479 e. The lowest BCUT2D eigenvalue weighted by molar-refractivity contribution is 0.306. The van der Waals surface area contributed by atoms with Crippen molar-refractivity contribution in [3.8, 4) is 0 Å². The summed E-state index contributed by atoms with van der Waals surface area (Å²) in [6.07, 6.45) is 26.7. The lowest BCUT2D eigenvalue weighted by atomic mass is 9.90. The van der Waals surface area contributed by atoms with Gasteiger partial charge in [0.1, 0.15) is 0 Å². The van der Waals surface area contributed by atoms with Crippen LogP contribution < -0.4 is 0 Å². The zero-order valence-corrected chi connectivity index (χ0v) is 22.7. The molecule has 0 aliphatic heterocycles. The third kappa shape index (κ3) is 17.9. The molecule has 0 aliphatic rings. The van der Waals surface area contributed by atoms with Crippen LogP contribution in [-0.2, 0) is 4.74 Å². The van der Waals surface area contributed by atoms with Gasteiger partial charge < -0.3 is 4.74 Å². The fourth-order valence-corrected chi connectivity index (χ4v) is 6.00. The molecule has 0 aromatic carbocycles. The first-order valence-electron chi connectivity index (χ1n) is 13.5. The van der Waals surface area contributed by atoms with E-state index in [2.05, 4.69) is 27.7 Å². The maximum atomic E-state index is 6.01. The monoisotopic (exact) mass is 458 g/mol. The summed E-state index contributed by atoms with van der Waals surface area (Å²) < 4.78 is 7.14. The minimum atomic E-state index is 0.316. The van der Waals surface area contributed by atoms with Crippen LogP contribution in [0.4, 0.5) is 0 Å². The molecule has 1 nitrogen and oxygen atoms in total. The van der Waals surface area contributed by atoms with Crippen molar-refractivity contribution < 1.29 is 4.74 Å². The van der Waals surface area contributed by atoms with E-state index in [1.54, 1.807) is 0 Å². The van der Waals surface area contributed by atoms with Gasteiger partial charge in [0, 0.05) is 4.75 Å². The Labute approximate surface area is 200 Å². The molecule has 0 radical (unpaired) electrons. The summed E-state index contributed by atoms with van der Waals surface area (Å²) in [7, 11) is 0. The van der Waals surface area contributed by atoms with E-state index in [9.17, 15) is 0 Å². The third-order valence-corrected chi connectivity index (χ3v) is 7.92. The molecule has 0 heterocycles. The Balaban J connectivity index is 4.01. The van der Waals surface area contributed by atoms with Crippen LogP contribution >= 0.6 is 24.0 Å².